The molecule has 11 heavy (non-hydrogen) atoms. The van der Waals surface area contributed by atoms with Crippen LogP contribution in [0.25, 0.3) is 0 Å². The van der Waals surface area contributed by atoms with Gasteiger partial charge in [0.1, 0.15) is 0 Å². The van der Waals surface area contributed by atoms with Crippen molar-refractivity contribution < 1.29 is 0 Å². The van der Waals surface area contributed by atoms with Crippen LogP contribution in [0.5, 0.6) is 0 Å². The molecule has 2 unspecified atom stereocenters. The van der Waals surface area contributed by atoms with E-state index in [0.29, 0.717) is 6.04 Å². The highest BCUT2D eigenvalue weighted by atomic mass is 15.0. The lowest BCUT2D eigenvalue weighted by molar-refractivity contribution is 0.333. The van der Waals surface area contributed by atoms with E-state index in [1.165, 1.54) is 32.4 Å². The topological polar surface area (TPSA) is 24.1 Å². The molecule has 0 amide bonds. The molecule has 1 aliphatic heterocycles. The second-order valence-electron chi connectivity index (χ2n) is 3.53. The molecule has 0 radical (unpaired) electrons. The largest absolute Gasteiger partial charge is 0.314 e. The van der Waals surface area contributed by atoms with Crippen molar-refractivity contribution in [1.82, 2.24) is 10.6 Å². The maximum absolute atomic E-state index is 3.56. The standard InChI is InChI=1S/C9H20N2/c1-3-5-11-9-4-6-10-8(2)7-9/h8-11H,3-7H2,1-2H3. The van der Waals surface area contributed by atoms with E-state index in [-0.39, 0.29) is 0 Å². The van der Waals surface area contributed by atoms with Crippen molar-refractivity contribution in [1.29, 1.82) is 0 Å². The molecule has 1 rings (SSSR count). The molecule has 2 N–H and O–H groups in total. The van der Waals surface area contributed by atoms with Crippen LogP contribution < -0.4 is 10.6 Å². The van der Waals surface area contributed by atoms with Gasteiger partial charge >= 0.3 is 0 Å². The molecule has 0 bridgehead atoms. The molecule has 2 nitrogen and oxygen atoms in total. The summed E-state index contributed by atoms with van der Waals surface area (Å²) in [5, 5.41) is 7.01. The van der Waals surface area contributed by atoms with Gasteiger partial charge in [-0.1, -0.05) is 6.92 Å². The highest BCUT2D eigenvalue weighted by Gasteiger charge is 2.16. The van der Waals surface area contributed by atoms with E-state index in [4.69, 9.17) is 0 Å². The van der Waals surface area contributed by atoms with Crippen LogP contribution in [0.1, 0.15) is 33.1 Å². The lowest BCUT2D eigenvalue weighted by atomic mass is 10.0. The average Bonchev–Trinajstić information content (AvgIpc) is 2.01. The summed E-state index contributed by atoms with van der Waals surface area (Å²) in [5.41, 5.74) is 0. The molecule has 1 fully saturated rings. The Balaban J connectivity index is 2.12. The van der Waals surface area contributed by atoms with Crippen molar-refractivity contribution in [2.75, 3.05) is 13.1 Å². The van der Waals surface area contributed by atoms with Crippen LogP contribution in [0.4, 0.5) is 0 Å². The zero-order valence-electron chi connectivity index (χ0n) is 7.69. The molecule has 0 aliphatic carbocycles. The molecule has 0 saturated carbocycles. The highest BCUT2D eigenvalue weighted by molar-refractivity contribution is 4.79. The summed E-state index contributed by atoms with van der Waals surface area (Å²) in [4.78, 5) is 0. The lowest BCUT2D eigenvalue weighted by Gasteiger charge is -2.28. The Morgan fingerprint density at radius 3 is 3.00 bits per heavy atom. The van der Waals surface area contributed by atoms with Crippen molar-refractivity contribution in [3.05, 3.63) is 0 Å². The molecule has 66 valence electrons. The minimum absolute atomic E-state index is 0.707. The molecule has 0 spiro atoms. The van der Waals surface area contributed by atoms with Gasteiger partial charge in [0.15, 0.2) is 0 Å². The summed E-state index contributed by atoms with van der Waals surface area (Å²) < 4.78 is 0. The van der Waals surface area contributed by atoms with Crippen molar-refractivity contribution >= 4 is 0 Å². The number of hydrogen-bond acceptors (Lipinski definition) is 2. The Kier molecular flexibility index (Phi) is 3.87. The summed E-state index contributed by atoms with van der Waals surface area (Å²) in [6, 6.07) is 1.48. The fraction of sp³-hybridized carbons (Fsp3) is 1.00. The molecule has 1 saturated heterocycles. The van der Waals surface area contributed by atoms with Crippen molar-refractivity contribution in [2.45, 2.75) is 45.2 Å². The van der Waals surface area contributed by atoms with E-state index in [0.717, 1.165) is 6.04 Å². The van der Waals surface area contributed by atoms with Crippen LogP contribution >= 0.6 is 0 Å². The molecule has 0 aromatic carbocycles. The summed E-state index contributed by atoms with van der Waals surface area (Å²) in [6.07, 6.45) is 3.84. The van der Waals surface area contributed by atoms with Gasteiger partial charge in [0.05, 0.1) is 0 Å². The van der Waals surface area contributed by atoms with E-state index in [9.17, 15) is 0 Å². The number of nitrogens with one attached hydrogen (secondary N) is 2. The third kappa shape index (κ3) is 3.21. The second kappa shape index (κ2) is 4.73. The third-order valence-electron chi connectivity index (χ3n) is 2.31. The lowest BCUT2D eigenvalue weighted by Crippen LogP contribution is -2.44. The molecule has 1 heterocycles. The van der Waals surface area contributed by atoms with Crippen molar-refractivity contribution in [2.24, 2.45) is 0 Å². The molecule has 0 aromatic heterocycles. The SMILES string of the molecule is CCCNC1CCNC(C)C1. The molecule has 2 heteroatoms. The zero-order chi connectivity index (χ0) is 8.10. The normalized spacial score (nSPS) is 32.2. The Morgan fingerprint density at radius 2 is 2.36 bits per heavy atom. The van der Waals surface area contributed by atoms with E-state index < -0.39 is 0 Å². The van der Waals surface area contributed by atoms with Gasteiger partial charge in [0.25, 0.3) is 0 Å². The first kappa shape index (κ1) is 9.01. The first-order chi connectivity index (χ1) is 5.33. The molecule has 2 atom stereocenters. The van der Waals surface area contributed by atoms with Crippen LogP contribution in [0, 0.1) is 0 Å². The molecule has 0 aromatic rings. The summed E-state index contributed by atoms with van der Waals surface area (Å²) in [5.74, 6) is 0. The zero-order valence-corrected chi connectivity index (χ0v) is 7.69. The summed E-state index contributed by atoms with van der Waals surface area (Å²) >= 11 is 0. The molecular weight excluding hydrogens is 136 g/mol. The van der Waals surface area contributed by atoms with Gasteiger partial charge in [-0.15, -0.1) is 0 Å². The second-order valence-corrected chi connectivity index (χ2v) is 3.53. The van der Waals surface area contributed by atoms with Gasteiger partial charge in [-0.25, -0.2) is 0 Å². The van der Waals surface area contributed by atoms with Gasteiger partial charge in [-0.05, 0) is 39.3 Å². The Hall–Kier alpha value is -0.0800. The summed E-state index contributed by atoms with van der Waals surface area (Å²) in [7, 11) is 0. The van der Waals surface area contributed by atoms with E-state index in [1.807, 2.05) is 0 Å². The van der Waals surface area contributed by atoms with Gasteiger partial charge < -0.3 is 10.6 Å². The van der Waals surface area contributed by atoms with Gasteiger partial charge in [-0.3, -0.25) is 0 Å². The monoisotopic (exact) mass is 156 g/mol. The van der Waals surface area contributed by atoms with Crippen molar-refractivity contribution in [3.8, 4) is 0 Å². The van der Waals surface area contributed by atoms with E-state index in [1.54, 1.807) is 0 Å². The molecule has 1 aliphatic rings. The van der Waals surface area contributed by atoms with E-state index in [2.05, 4.69) is 24.5 Å². The Labute approximate surface area is 69.8 Å². The minimum Gasteiger partial charge on any atom is -0.314 e. The van der Waals surface area contributed by atoms with Crippen LogP contribution in [-0.2, 0) is 0 Å². The van der Waals surface area contributed by atoms with Crippen LogP contribution in [0.15, 0.2) is 0 Å². The fourth-order valence-electron chi connectivity index (χ4n) is 1.67. The fourth-order valence-corrected chi connectivity index (χ4v) is 1.67. The van der Waals surface area contributed by atoms with Crippen LogP contribution in [-0.4, -0.2) is 25.2 Å². The van der Waals surface area contributed by atoms with Crippen molar-refractivity contribution in [3.63, 3.8) is 0 Å². The smallest absolute Gasteiger partial charge is 0.00938 e. The minimum atomic E-state index is 0.707. The maximum Gasteiger partial charge on any atom is 0.00938 e. The summed E-state index contributed by atoms with van der Waals surface area (Å²) in [6.45, 7) is 6.84. The van der Waals surface area contributed by atoms with Gasteiger partial charge in [0, 0.05) is 12.1 Å². The number of rotatable bonds is 3. The quantitative estimate of drug-likeness (QED) is 0.640. The maximum atomic E-state index is 3.56. The first-order valence-corrected chi connectivity index (χ1v) is 4.79. The van der Waals surface area contributed by atoms with Crippen LogP contribution in [0.3, 0.4) is 0 Å². The number of piperidine rings is 1. The predicted octanol–water partition coefficient (Wildman–Crippen LogP) is 1.13. The Bertz CT molecular complexity index is 104. The number of hydrogen-bond donors (Lipinski definition) is 2. The van der Waals surface area contributed by atoms with Gasteiger partial charge in [0.2, 0.25) is 0 Å². The average molecular weight is 156 g/mol. The first-order valence-electron chi connectivity index (χ1n) is 4.79. The van der Waals surface area contributed by atoms with Crippen LogP contribution in [0.2, 0.25) is 0 Å². The van der Waals surface area contributed by atoms with E-state index >= 15 is 0 Å². The molecular formula is C9H20N2. The predicted molar refractivity (Wildman–Crippen MR) is 48.8 cm³/mol. The third-order valence-corrected chi connectivity index (χ3v) is 2.31. The van der Waals surface area contributed by atoms with Gasteiger partial charge in [-0.2, -0.15) is 0 Å². The highest BCUT2D eigenvalue weighted by Crippen LogP contribution is 2.07. The Morgan fingerprint density at radius 1 is 1.55 bits per heavy atom.